The molecule has 37 heavy (non-hydrogen) atoms. The zero-order valence-electron chi connectivity index (χ0n) is 20.4. The molecule has 1 saturated heterocycles. The zero-order chi connectivity index (χ0) is 26.7. The number of carbonyl (C=O) groups is 3. The highest BCUT2D eigenvalue weighted by Gasteiger charge is 2.36. The minimum absolute atomic E-state index is 0.281. The van der Waals surface area contributed by atoms with Crippen LogP contribution in [0.2, 0.25) is 0 Å². The van der Waals surface area contributed by atoms with E-state index in [1.54, 1.807) is 12.1 Å². The standard InChI is InChI=1S/C28H24I2N2O4S/c1-16-4-7-19(8-5-16)15-36-26-22(29)11-20(12-23(26)30)13-24-27(34)32(28(35)37-24)14-25(33)31-21-9-6-17(2)18(3)10-21/h4-13H,14-15H2,1-3H3,(H,31,33)/b24-13+. The molecule has 3 amide bonds. The molecule has 0 bridgehead atoms. The van der Waals surface area contributed by atoms with Crippen molar-refractivity contribution in [3.8, 4) is 5.75 Å². The second-order valence-corrected chi connectivity index (χ2v) is 12.0. The van der Waals surface area contributed by atoms with Gasteiger partial charge in [0.25, 0.3) is 11.1 Å². The number of rotatable bonds is 7. The molecule has 0 aliphatic carbocycles. The van der Waals surface area contributed by atoms with Gasteiger partial charge in [0.15, 0.2) is 0 Å². The lowest BCUT2D eigenvalue weighted by Crippen LogP contribution is -2.36. The van der Waals surface area contributed by atoms with Gasteiger partial charge in [0.05, 0.1) is 12.0 Å². The van der Waals surface area contributed by atoms with Crippen molar-refractivity contribution in [2.45, 2.75) is 27.4 Å². The quantitative estimate of drug-likeness (QED) is 0.208. The summed E-state index contributed by atoms with van der Waals surface area (Å²) in [6.07, 6.45) is 1.68. The second-order valence-electron chi connectivity index (χ2n) is 8.70. The third-order valence-electron chi connectivity index (χ3n) is 5.79. The van der Waals surface area contributed by atoms with E-state index in [2.05, 4.69) is 62.6 Å². The summed E-state index contributed by atoms with van der Waals surface area (Å²) >= 11 is 5.25. The van der Waals surface area contributed by atoms with Crippen molar-refractivity contribution in [2.24, 2.45) is 0 Å². The van der Waals surface area contributed by atoms with Gasteiger partial charge < -0.3 is 10.1 Å². The molecule has 9 heteroatoms. The molecule has 0 spiro atoms. The number of halogens is 2. The van der Waals surface area contributed by atoms with Gasteiger partial charge in [-0.2, -0.15) is 0 Å². The monoisotopic (exact) mass is 738 g/mol. The largest absolute Gasteiger partial charge is 0.487 e. The summed E-state index contributed by atoms with van der Waals surface area (Å²) in [5, 5.41) is 2.30. The maximum absolute atomic E-state index is 12.9. The molecule has 3 aromatic rings. The molecule has 190 valence electrons. The number of benzene rings is 3. The molecule has 6 nitrogen and oxygen atoms in total. The van der Waals surface area contributed by atoms with Crippen molar-refractivity contribution in [1.29, 1.82) is 0 Å². The fourth-order valence-corrected chi connectivity index (χ4v) is 6.56. The van der Waals surface area contributed by atoms with E-state index in [9.17, 15) is 14.4 Å². The zero-order valence-corrected chi connectivity index (χ0v) is 25.6. The molecular weight excluding hydrogens is 714 g/mol. The number of aryl methyl sites for hydroxylation is 3. The Kier molecular flexibility index (Phi) is 8.96. The minimum Gasteiger partial charge on any atom is -0.487 e. The molecule has 0 unspecified atom stereocenters. The Hall–Kier alpha value is -2.38. The van der Waals surface area contributed by atoms with Crippen LogP contribution in [0.25, 0.3) is 6.08 Å². The lowest BCUT2D eigenvalue weighted by Gasteiger charge is -2.13. The highest BCUT2D eigenvalue weighted by atomic mass is 127. The number of ether oxygens (including phenoxy) is 1. The molecular formula is C28H24I2N2O4S. The number of anilines is 1. The number of hydrogen-bond acceptors (Lipinski definition) is 5. The molecule has 4 rings (SSSR count). The van der Waals surface area contributed by atoms with E-state index in [0.29, 0.717) is 12.3 Å². The van der Waals surface area contributed by atoms with E-state index in [-0.39, 0.29) is 11.4 Å². The summed E-state index contributed by atoms with van der Waals surface area (Å²) in [6, 6.07) is 17.6. The molecule has 0 radical (unpaired) electrons. The minimum atomic E-state index is -0.477. The molecule has 1 aliphatic heterocycles. The fourth-order valence-electron chi connectivity index (χ4n) is 3.59. The molecule has 1 fully saturated rings. The summed E-state index contributed by atoms with van der Waals surface area (Å²) in [4.78, 5) is 39.2. The van der Waals surface area contributed by atoms with Crippen LogP contribution < -0.4 is 10.1 Å². The Morgan fingerprint density at radius 3 is 2.30 bits per heavy atom. The number of amides is 3. The Labute approximate surface area is 247 Å². The molecule has 1 N–H and O–H groups in total. The van der Waals surface area contributed by atoms with Crippen LogP contribution in [0, 0.1) is 27.9 Å². The van der Waals surface area contributed by atoms with E-state index in [0.717, 1.165) is 51.8 Å². The van der Waals surface area contributed by atoms with Gasteiger partial charge in [-0.3, -0.25) is 19.3 Å². The first-order valence-electron chi connectivity index (χ1n) is 11.4. The molecule has 0 saturated carbocycles. The first-order chi connectivity index (χ1) is 17.6. The van der Waals surface area contributed by atoms with Gasteiger partial charge >= 0.3 is 0 Å². The average molecular weight is 738 g/mol. The summed E-state index contributed by atoms with van der Waals surface area (Å²) in [5.74, 6) is -0.129. The van der Waals surface area contributed by atoms with E-state index in [4.69, 9.17) is 4.74 Å². The summed E-state index contributed by atoms with van der Waals surface area (Å²) in [7, 11) is 0. The number of imide groups is 1. The van der Waals surface area contributed by atoms with Crippen LogP contribution in [0.15, 0.2) is 59.5 Å². The number of nitrogens with zero attached hydrogens (tertiary/aromatic N) is 1. The highest BCUT2D eigenvalue weighted by molar-refractivity contribution is 14.1. The first kappa shape index (κ1) is 27.6. The van der Waals surface area contributed by atoms with Gasteiger partial charge in [0, 0.05) is 5.69 Å². The van der Waals surface area contributed by atoms with Crippen LogP contribution in [-0.2, 0) is 16.2 Å². The van der Waals surface area contributed by atoms with Crippen LogP contribution in [-0.4, -0.2) is 28.5 Å². The first-order valence-corrected chi connectivity index (χ1v) is 14.4. The maximum Gasteiger partial charge on any atom is 0.294 e. The molecule has 1 heterocycles. The van der Waals surface area contributed by atoms with Gasteiger partial charge in [0.2, 0.25) is 5.91 Å². The molecule has 3 aromatic carbocycles. The predicted molar refractivity (Wildman–Crippen MR) is 165 cm³/mol. The Morgan fingerprint density at radius 1 is 0.973 bits per heavy atom. The van der Waals surface area contributed by atoms with Crippen molar-refractivity contribution >= 4 is 85.8 Å². The van der Waals surface area contributed by atoms with Gasteiger partial charge in [-0.25, -0.2) is 0 Å². The SMILES string of the molecule is Cc1ccc(COc2c(I)cc(/C=C3/SC(=O)N(CC(=O)Nc4ccc(C)c(C)c4)C3=O)cc2I)cc1. The van der Waals surface area contributed by atoms with Gasteiger partial charge in [0.1, 0.15) is 18.9 Å². The Balaban J connectivity index is 1.43. The lowest BCUT2D eigenvalue weighted by molar-refractivity contribution is -0.127. The van der Waals surface area contributed by atoms with Gasteiger partial charge in [-0.15, -0.1) is 0 Å². The van der Waals surface area contributed by atoms with Crippen LogP contribution in [0.4, 0.5) is 10.5 Å². The second kappa shape index (κ2) is 12.0. The van der Waals surface area contributed by atoms with Gasteiger partial charge in [-0.1, -0.05) is 35.9 Å². The normalized spacial score (nSPS) is 14.4. The molecule has 0 atom stereocenters. The third kappa shape index (κ3) is 6.94. The van der Waals surface area contributed by atoms with Crippen molar-refractivity contribution in [3.63, 3.8) is 0 Å². The third-order valence-corrected chi connectivity index (χ3v) is 8.30. The average Bonchev–Trinajstić information content (AvgIpc) is 3.09. The lowest BCUT2D eigenvalue weighted by atomic mass is 10.1. The van der Waals surface area contributed by atoms with E-state index in [1.165, 1.54) is 5.56 Å². The summed E-state index contributed by atoms with van der Waals surface area (Å²) in [6.45, 7) is 6.11. The summed E-state index contributed by atoms with van der Waals surface area (Å²) < 4.78 is 7.86. The van der Waals surface area contributed by atoms with Crippen molar-refractivity contribution < 1.29 is 19.1 Å². The number of carbonyl (C=O) groups excluding carboxylic acids is 3. The van der Waals surface area contributed by atoms with Crippen molar-refractivity contribution in [3.05, 3.63) is 94.5 Å². The van der Waals surface area contributed by atoms with Crippen molar-refractivity contribution in [1.82, 2.24) is 4.90 Å². The topological polar surface area (TPSA) is 75.7 Å². The van der Waals surface area contributed by atoms with E-state index in [1.807, 2.05) is 57.2 Å². The highest BCUT2D eigenvalue weighted by Crippen LogP contribution is 2.35. The van der Waals surface area contributed by atoms with Crippen LogP contribution in [0.5, 0.6) is 5.75 Å². The summed E-state index contributed by atoms with van der Waals surface area (Å²) in [5.41, 5.74) is 5.85. The smallest absolute Gasteiger partial charge is 0.294 e. The number of nitrogens with one attached hydrogen (secondary N) is 1. The van der Waals surface area contributed by atoms with Crippen molar-refractivity contribution in [2.75, 3.05) is 11.9 Å². The fraction of sp³-hybridized carbons (Fsp3) is 0.179. The maximum atomic E-state index is 12.9. The Morgan fingerprint density at radius 2 is 1.65 bits per heavy atom. The van der Waals surface area contributed by atoms with E-state index < -0.39 is 17.1 Å². The van der Waals surface area contributed by atoms with Gasteiger partial charge in [-0.05, 0) is 130 Å². The Bertz CT molecular complexity index is 1400. The number of hydrogen-bond donors (Lipinski definition) is 1. The molecule has 1 aliphatic rings. The molecule has 0 aromatic heterocycles. The number of thioether (sulfide) groups is 1. The van der Waals surface area contributed by atoms with Crippen LogP contribution in [0.1, 0.15) is 27.8 Å². The predicted octanol–water partition coefficient (Wildman–Crippen LogP) is 7.08. The van der Waals surface area contributed by atoms with E-state index >= 15 is 0 Å². The van der Waals surface area contributed by atoms with Crippen LogP contribution in [0.3, 0.4) is 0 Å². The van der Waals surface area contributed by atoms with Crippen LogP contribution >= 0.6 is 56.9 Å².